The second-order valence-electron chi connectivity index (χ2n) is 2.77. The third-order valence-corrected chi connectivity index (χ3v) is 3.33. The molecule has 0 N–H and O–H groups in total. The number of rotatable bonds is 0. The lowest BCUT2D eigenvalue weighted by Gasteiger charge is -2.24. The van der Waals surface area contributed by atoms with E-state index >= 15 is 0 Å². The van der Waals surface area contributed by atoms with Crippen LogP contribution in [0.4, 0.5) is 0 Å². The molecule has 0 aliphatic carbocycles. The summed E-state index contributed by atoms with van der Waals surface area (Å²) in [6.07, 6.45) is 6.86. The highest BCUT2D eigenvalue weighted by molar-refractivity contribution is 8.03. The maximum absolute atomic E-state index is 4.25. The molecule has 0 radical (unpaired) electrons. The number of hydrogen-bond donors (Lipinski definition) is 0. The molecule has 0 bridgehead atoms. The standard InChI is InChI=1S/C8H11NS/c1-2-7-6-9-4-3-8(7)10-5-1/h3-4,7H,1-2,5-6H2. The summed E-state index contributed by atoms with van der Waals surface area (Å²) in [5.74, 6) is 2.10. The summed E-state index contributed by atoms with van der Waals surface area (Å²) in [6, 6.07) is 0. The van der Waals surface area contributed by atoms with Gasteiger partial charge >= 0.3 is 0 Å². The lowest BCUT2D eigenvalue weighted by atomic mass is 10.0. The van der Waals surface area contributed by atoms with Crippen molar-refractivity contribution in [2.45, 2.75) is 12.8 Å². The van der Waals surface area contributed by atoms with E-state index < -0.39 is 0 Å². The Bertz CT molecular complexity index is 184. The SMILES string of the molecule is C1=NCC2CCCSC2=C1. The molecule has 54 valence electrons. The monoisotopic (exact) mass is 153 g/mol. The molecule has 1 unspecified atom stereocenters. The fourth-order valence-electron chi connectivity index (χ4n) is 1.46. The van der Waals surface area contributed by atoms with Crippen LogP contribution in [0.25, 0.3) is 0 Å². The normalized spacial score (nSPS) is 31.2. The van der Waals surface area contributed by atoms with E-state index in [0.717, 1.165) is 12.5 Å². The highest BCUT2D eigenvalue weighted by Gasteiger charge is 2.19. The van der Waals surface area contributed by atoms with Gasteiger partial charge in [-0.15, -0.1) is 11.8 Å². The smallest absolute Gasteiger partial charge is 0.0463 e. The lowest BCUT2D eigenvalue weighted by Crippen LogP contribution is -2.14. The van der Waals surface area contributed by atoms with Crippen LogP contribution in [0.15, 0.2) is 16.0 Å². The Labute approximate surface area is 65.6 Å². The molecule has 1 fully saturated rings. The summed E-state index contributed by atoms with van der Waals surface area (Å²) in [7, 11) is 0. The van der Waals surface area contributed by atoms with Crippen molar-refractivity contribution in [1.29, 1.82) is 0 Å². The van der Waals surface area contributed by atoms with E-state index in [2.05, 4.69) is 11.1 Å². The molecule has 2 heteroatoms. The van der Waals surface area contributed by atoms with Crippen LogP contribution in [0.5, 0.6) is 0 Å². The molecule has 0 aromatic heterocycles. The first-order valence-corrected chi connectivity index (χ1v) is 4.78. The lowest BCUT2D eigenvalue weighted by molar-refractivity contribution is 0.574. The highest BCUT2D eigenvalue weighted by atomic mass is 32.2. The Morgan fingerprint density at radius 1 is 1.60 bits per heavy atom. The molecule has 0 aromatic carbocycles. The van der Waals surface area contributed by atoms with E-state index in [1.54, 1.807) is 4.91 Å². The predicted octanol–water partition coefficient (Wildman–Crippen LogP) is 2.10. The molecular formula is C8H11NS. The molecule has 2 rings (SSSR count). The Morgan fingerprint density at radius 2 is 2.60 bits per heavy atom. The van der Waals surface area contributed by atoms with Crippen molar-refractivity contribution in [2.24, 2.45) is 10.9 Å². The van der Waals surface area contributed by atoms with E-state index in [1.165, 1.54) is 18.6 Å². The van der Waals surface area contributed by atoms with E-state index in [0.29, 0.717) is 0 Å². The first-order chi connectivity index (χ1) is 4.97. The van der Waals surface area contributed by atoms with Gasteiger partial charge in [-0.05, 0) is 29.6 Å². The van der Waals surface area contributed by atoms with Crippen LogP contribution in [0, 0.1) is 5.92 Å². The molecule has 1 nitrogen and oxygen atoms in total. The molecule has 2 aliphatic heterocycles. The zero-order valence-electron chi connectivity index (χ0n) is 5.92. The summed E-state index contributed by atoms with van der Waals surface area (Å²) in [6.45, 7) is 1.04. The summed E-state index contributed by atoms with van der Waals surface area (Å²) < 4.78 is 0. The van der Waals surface area contributed by atoms with Gasteiger partial charge in [-0.3, -0.25) is 4.99 Å². The van der Waals surface area contributed by atoms with Gasteiger partial charge < -0.3 is 0 Å². The Kier molecular flexibility index (Phi) is 1.80. The maximum Gasteiger partial charge on any atom is 0.0463 e. The molecular weight excluding hydrogens is 142 g/mol. The molecule has 0 aromatic rings. The predicted molar refractivity (Wildman–Crippen MR) is 46.6 cm³/mol. The zero-order chi connectivity index (χ0) is 6.81. The summed E-state index contributed by atoms with van der Waals surface area (Å²) in [5, 5.41) is 0. The molecule has 10 heavy (non-hydrogen) atoms. The average molecular weight is 153 g/mol. The highest BCUT2D eigenvalue weighted by Crippen LogP contribution is 2.35. The van der Waals surface area contributed by atoms with Crippen molar-refractivity contribution in [3.8, 4) is 0 Å². The molecule has 0 spiro atoms. The van der Waals surface area contributed by atoms with Crippen molar-refractivity contribution < 1.29 is 0 Å². The number of fused-ring (bicyclic) bond motifs is 1. The summed E-state index contributed by atoms with van der Waals surface area (Å²) in [5.41, 5.74) is 0. The van der Waals surface area contributed by atoms with Crippen LogP contribution in [0.2, 0.25) is 0 Å². The van der Waals surface area contributed by atoms with Gasteiger partial charge in [-0.1, -0.05) is 0 Å². The van der Waals surface area contributed by atoms with E-state index in [-0.39, 0.29) is 0 Å². The number of thioether (sulfide) groups is 1. The van der Waals surface area contributed by atoms with E-state index in [9.17, 15) is 0 Å². The Hall–Kier alpha value is -0.240. The second kappa shape index (κ2) is 2.79. The minimum atomic E-state index is 0.781. The van der Waals surface area contributed by atoms with Crippen LogP contribution in [-0.4, -0.2) is 18.5 Å². The van der Waals surface area contributed by atoms with Gasteiger partial charge in [0.1, 0.15) is 0 Å². The topological polar surface area (TPSA) is 12.4 Å². The Balaban J connectivity index is 2.14. The van der Waals surface area contributed by atoms with Crippen LogP contribution in [0.1, 0.15) is 12.8 Å². The van der Waals surface area contributed by atoms with Gasteiger partial charge in [0.05, 0.1) is 0 Å². The van der Waals surface area contributed by atoms with Crippen LogP contribution < -0.4 is 0 Å². The number of dihydropyridines is 1. The van der Waals surface area contributed by atoms with Gasteiger partial charge in [0.25, 0.3) is 0 Å². The Morgan fingerprint density at radius 3 is 3.50 bits per heavy atom. The number of allylic oxidation sites excluding steroid dienone is 1. The van der Waals surface area contributed by atoms with Gasteiger partial charge in [0.2, 0.25) is 0 Å². The number of nitrogens with zero attached hydrogens (tertiary/aromatic N) is 1. The van der Waals surface area contributed by atoms with Gasteiger partial charge in [-0.25, -0.2) is 0 Å². The van der Waals surface area contributed by atoms with Crippen molar-refractivity contribution in [3.05, 3.63) is 11.0 Å². The summed E-state index contributed by atoms with van der Waals surface area (Å²) >= 11 is 2.02. The third kappa shape index (κ3) is 1.12. The molecule has 2 heterocycles. The van der Waals surface area contributed by atoms with Crippen molar-refractivity contribution in [3.63, 3.8) is 0 Å². The van der Waals surface area contributed by atoms with Crippen molar-refractivity contribution in [2.75, 3.05) is 12.3 Å². The van der Waals surface area contributed by atoms with Gasteiger partial charge in [0.15, 0.2) is 0 Å². The first-order valence-electron chi connectivity index (χ1n) is 3.79. The summed E-state index contributed by atoms with van der Waals surface area (Å²) in [4.78, 5) is 5.82. The third-order valence-electron chi connectivity index (χ3n) is 2.04. The van der Waals surface area contributed by atoms with Crippen molar-refractivity contribution >= 4 is 18.0 Å². The zero-order valence-corrected chi connectivity index (χ0v) is 6.73. The van der Waals surface area contributed by atoms with Gasteiger partial charge in [-0.2, -0.15) is 0 Å². The van der Waals surface area contributed by atoms with Crippen LogP contribution >= 0.6 is 11.8 Å². The molecule has 0 saturated carbocycles. The van der Waals surface area contributed by atoms with E-state index in [1.807, 2.05) is 18.0 Å². The minimum absolute atomic E-state index is 0.781. The van der Waals surface area contributed by atoms with E-state index in [4.69, 9.17) is 0 Å². The molecule has 1 saturated heterocycles. The average Bonchev–Trinajstić information content (AvgIpc) is 2.05. The second-order valence-corrected chi connectivity index (χ2v) is 3.94. The number of hydrogen-bond acceptors (Lipinski definition) is 2. The maximum atomic E-state index is 4.25. The molecule has 0 amide bonds. The largest absolute Gasteiger partial charge is 0.292 e. The van der Waals surface area contributed by atoms with Crippen molar-refractivity contribution in [1.82, 2.24) is 0 Å². The molecule has 1 atom stereocenters. The minimum Gasteiger partial charge on any atom is -0.292 e. The van der Waals surface area contributed by atoms with Crippen LogP contribution in [0.3, 0.4) is 0 Å². The quantitative estimate of drug-likeness (QED) is 0.519. The fourth-order valence-corrected chi connectivity index (χ4v) is 2.59. The van der Waals surface area contributed by atoms with Gasteiger partial charge in [0, 0.05) is 18.7 Å². The number of aliphatic imine (C=N–C) groups is 1. The fraction of sp³-hybridized carbons (Fsp3) is 0.625. The van der Waals surface area contributed by atoms with Crippen LogP contribution in [-0.2, 0) is 0 Å². The first kappa shape index (κ1) is 6.47. The molecule has 2 aliphatic rings.